The molecule has 0 unspecified atom stereocenters. The highest BCUT2D eigenvalue weighted by Crippen LogP contribution is 2.06. The summed E-state index contributed by atoms with van der Waals surface area (Å²) < 4.78 is 2.26. The molecule has 0 fully saturated rings. The van der Waals surface area contributed by atoms with Gasteiger partial charge in [0.2, 0.25) is 0 Å². The molecule has 0 amide bonds. The third-order valence-electron chi connectivity index (χ3n) is 2.15. The van der Waals surface area contributed by atoms with Gasteiger partial charge in [0.25, 0.3) is 0 Å². The zero-order valence-corrected chi connectivity index (χ0v) is 9.90. The van der Waals surface area contributed by atoms with E-state index >= 15 is 0 Å². The molecule has 1 rings (SSSR count). The Morgan fingerprint density at radius 3 is 2.62 bits per heavy atom. The van der Waals surface area contributed by atoms with E-state index < -0.39 is 0 Å². The summed E-state index contributed by atoms with van der Waals surface area (Å²) in [5.74, 6) is 0. The van der Waals surface area contributed by atoms with Gasteiger partial charge in [0.05, 0.1) is 13.1 Å². The van der Waals surface area contributed by atoms with Crippen molar-refractivity contribution in [2.24, 2.45) is 0 Å². The predicted octanol–water partition coefficient (Wildman–Crippen LogP) is -1.27. The molecule has 0 saturated heterocycles. The Hall–Kier alpha value is 0.0500. The maximum Gasteiger partial charge on any atom is 0.345 e. The molecule has 4 heteroatoms. The maximum atomic E-state index is 6.17. The van der Waals surface area contributed by atoms with Gasteiger partial charge in [-0.05, 0) is 12.8 Å². The van der Waals surface area contributed by atoms with Crippen LogP contribution >= 0.6 is 11.6 Å². The molecule has 0 aromatic carbocycles. The van der Waals surface area contributed by atoms with Crippen molar-refractivity contribution in [3.05, 3.63) is 0 Å². The minimum Gasteiger partial charge on any atom is -1.00 e. The second-order valence-corrected chi connectivity index (χ2v) is 3.58. The van der Waals surface area contributed by atoms with Crippen LogP contribution in [0.1, 0.15) is 26.7 Å². The van der Waals surface area contributed by atoms with Crippen molar-refractivity contribution in [3.63, 3.8) is 0 Å². The molecular weight excluding hydrogens is 207 g/mol. The Morgan fingerprint density at radius 1 is 1.38 bits per heavy atom. The number of rotatable bonds is 4. The van der Waals surface area contributed by atoms with E-state index in [1.54, 1.807) is 0 Å². The van der Waals surface area contributed by atoms with Crippen LogP contribution in [-0.2, 0) is 0 Å². The van der Waals surface area contributed by atoms with Crippen LogP contribution in [0.2, 0.25) is 0 Å². The van der Waals surface area contributed by atoms with Crippen LogP contribution in [0.3, 0.4) is 0 Å². The third kappa shape index (κ3) is 3.35. The summed E-state index contributed by atoms with van der Waals surface area (Å²) in [5, 5.41) is 0.957. The Kier molecular flexibility index (Phi) is 6.52. The summed E-state index contributed by atoms with van der Waals surface area (Å²) >= 11 is 6.17. The molecular formula is C9H18Cl2N2. The van der Waals surface area contributed by atoms with E-state index in [4.69, 9.17) is 11.6 Å². The standard InChI is InChI=1S/C9H18ClN2.ClH/c1-3-5-11-7-8-12(6-4-2)9(11)10;/h3-8H2,1-2H3;1H/q+1;/p-1. The second-order valence-electron chi connectivity index (χ2n) is 3.24. The number of nitrogens with zero attached hydrogens (tertiary/aromatic N) is 2. The van der Waals surface area contributed by atoms with Crippen molar-refractivity contribution >= 4 is 16.9 Å². The van der Waals surface area contributed by atoms with Crippen LogP contribution in [0.5, 0.6) is 0 Å². The molecule has 0 atom stereocenters. The lowest BCUT2D eigenvalue weighted by Crippen LogP contribution is -3.00. The van der Waals surface area contributed by atoms with Gasteiger partial charge in [0, 0.05) is 11.6 Å². The van der Waals surface area contributed by atoms with Gasteiger partial charge in [-0.1, -0.05) is 13.8 Å². The summed E-state index contributed by atoms with van der Waals surface area (Å²) in [6, 6.07) is 0. The zero-order valence-electron chi connectivity index (χ0n) is 8.39. The molecule has 2 nitrogen and oxygen atoms in total. The first kappa shape index (κ1) is 13.1. The smallest absolute Gasteiger partial charge is 0.345 e. The molecule has 0 aromatic heterocycles. The lowest BCUT2D eigenvalue weighted by Gasteiger charge is -2.06. The van der Waals surface area contributed by atoms with Gasteiger partial charge in [0.1, 0.15) is 13.1 Å². The molecule has 1 heterocycles. The first-order valence-corrected chi connectivity index (χ1v) is 5.19. The minimum absolute atomic E-state index is 0. The number of hydrogen-bond acceptors (Lipinski definition) is 1. The quantitative estimate of drug-likeness (QED) is 0.427. The fraction of sp³-hybridized carbons (Fsp3) is 0.889. The van der Waals surface area contributed by atoms with Crippen molar-refractivity contribution < 1.29 is 17.0 Å². The fourth-order valence-corrected chi connectivity index (χ4v) is 1.91. The largest absolute Gasteiger partial charge is 1.00 e. The van der Waals surface area contributed by atoms with Gasteiger partial charge in [0.15, 0.2) is 0 Å². The van der Waals surface area contributed by atoms with Crippen molar-refractivity contribution in [1.82, 2.24) is 4.90 Å². The number of hydrogen-bond donors (Lipinski definition) is 0. The Balaban J connectivity index is 0.00000144. The molecule has 0 N–H and O–H groups in total. The third-order valence-corrected chi connectivity index (χ3v) is 2.63. The molecule has 78 valence electrons. The molecule has 1 aliphatic rings. The average Bonchev–Trinajstić information content (AvgIpc) is 2.38. The topological polar surface area (TPSA) is 6.25 Å². The van der Waals surface area contributed by atoms with E-state index in [9.17, 15) is 0 Å². The first-order chi connectivity index (χ1) is 5.79. The fourth-order valence-electron chi connectivity index (χ4n) is 1.57. The highest BCUT2D eigenvalue weighted by Gasteiger charge is 2.26. The average molecular weight is 225 g/mol. The van der Waals surface area contributed by atoms with Gasteiger partial charge in [-0.25, -0.2) is 9.48 Å². The molecule has 0 aromatic rings. The molecule has 0 aliphatic carbocycles. The van der Waals surface area contributed by atoms with Gasteiger partial charge in [-0.15, -0.1) is 0 Å². The van der Waals surface area contributed by atoms with Crippen LogP contribution in [-0.4, -0.2) is 40.9 Å². The second kappa shape index (κ2) is 6.50. The molecule has 1 aliphatic heterocycles. The lowest BCUT2D eigenvalue weighted by atomic mass is 10.4. The maximum absolute atomic E-state index is 6.17. The van der Waals surface area contributed by atoms with E-state index in [1.165, 1.54) is 12.8 Å². The lowest BCUT2D eigenvalue weighted by molar-refractivity contribution is -0.515. The number of halogens is 2. The molecule has 0 saturated carbocycles. The van der Waals surface area contributed by atoms with Gasteiger partial charge >= 0.3 is 5.29 Å². The summed E-state index contributed by atoms with van der Waals surface area (Å²) in [6.07, 6.45) is 2.35. The highest BCUT2D eigenvalue weighted by molar-refractivity contribution is 6.63. The van der Waals surface area contributed by atoms with Gasteiger partial charge in [-0.2, -0.15) is 0 Å². The van der Waals surface area contributed by atoms with Crippen LogP contribution in [0, 0.1) is 0 Å². The molecule has 0 bridgehead atoms. The van der Waals surface area contributed by atoms with Crippen molar-refractivity contribution in [3.8, 4) is 0 Å². The van der Waals surface area contributed by atoms with Crippen LogP contribution in [0.25, 0.3) is 0 Å². The van der Waals surface area contributed by atoms with E-state index in [2.05, 4.69) is 23.3 Å². The summed E-state index contributed by atoms with van der Waals surface area (Å²) in [6.45, 7) is 8.77. The van der Waals surface area contributed by atoms with E-state index in [1.807, 2.05) is 0 Å². The summed E-state index contributed by atoms with van der Waals surface area (Å²) in [4.78, 5) is 2.26. The Morgan fingerprint density at radius 2 is 2.08 bits per heavy atom. The summed E-state index contributed by atoms with van der Waals surface area (Å²) in [5.41, 5.74) is 0. The minimum atomic E-state index is 0. The van der Waals surface area contributed by atoms with Gasteiger partial charge in [-0.3, -0.25) is 0 Å². The van der Waals surface area contributed by atoms with Crippen molar-refractivity contribution in [2.45, 2.75) is 26.7 Å². The monoisotopic (exact) mass is 224 g/mol. The highest BCUT2D eigenvalue weighted by atomic mass is 35.5. The van der Waals surface area contributed by atoms with Gasteiger partial charge < -0.3 is 12.4 Å². The first-order valence-electron chi connectivity index (χ1n) is 4.82. The summed E-state index contributed by atoms with van der Waals surface area (Å²) in [7, 11) is 0. The normalized spacial score (nSPS) is 16.4. The predicted molar refractivity (Wildman–Crippen MR) is 53.0 cm³/mol. The van der Waals surface area contributed by atoms with E-state index in [0.29, 0.717) is 0 Å². The Labute approximate surface area is 92.0 Å². The zero-order chi connectivity index (χ0) is 8.97. The number of amidine groups is 1. The molecule has 0 spiro atoms. The van der Waals surface area contributed by atoms with Crippen LogP contribution < -0.4 is 12.4 Å². The van der Waals surface area contributed by atoms with Crippen molar-refractivity contribution in [2.75, 3.05) is 26.2 Å². The van der Waals surface area contributed by atoms with Crippen LogP contribution in [0.4, 0.5) is 0 Å². The SMILES string of the molecule is CCCN1CC[N+](CCC)=C1Cl.[Cl-]. The van der Waals surface area contributed by atoms with Crippen molar-refractivity contribution in [1.29, 1.82) is 0 Å². The Bertz CT molecular complexity index is 180. The van der Waals surface area contributed by atoms with E-state index in [0.717, 1.165) is 31.5 Å². The molecule has 0 radical (unpaired) electrons. The van der Waals surface area contributed by atoms with Crippen LogP contribution in [0.15, 0.2) is 0 Å². The van der Waals surface area contributed by atoms with E-state index in [-0.39, 0.29) is 12.4 Å². The molecule has 13 heavy (non-hydrogen) atoms.